The van der Waals surface area contributed by atoms with Crippen LogP contribution >= 0.6 is 0 Å². The van der Waals surface area contributed by atoms with Gasteiger partial charge in [0.1, 0.15) is 0 Å². The van der Waals surface area contributed by atoms with E-state index in [9.17, 15) is 0 Å². The molecule has 0 aliphatic rings. The maximum atomic E-state index is 5.68. The normalized spacial score (nSPS) is 10.8. The van der Waals surface area contributed by atoms with Crippen molar-refractivity contribution in [2.24, 2.45) is 0 Å². The Kier molecular flexibility index (Phi) is 5.47. The molecule has 1 aromatic carbocycles. The molecule has 0 bridgehead atoms. The quantitative estimate of drug-likeness (QED) is 0.770. The van der Waals surface area contributed by atoms with Gasteiger partial charge in [-0.25, -0.2) is 0 Å². The van der Waals surface area contributed by atoms with Gasteiger partial charge in [-0.15, -0.1) is 0 Å². The number of hydrogen-bond donors (Lipinski definition) is 0. The fraction of sp³-hybridized carbons (Fsp3) is 0.500. The van der Waals surface area contributed by atoms with Gasteiger partial charge < -0.3 is 14.2 Å². The van der Waals surface area contributed by atoms with E-state index in [-0.39, 0.29) is 0 Å². The Hall–Kier alpha value is -1.97. The number of methoxy groups -OCH3 is 3. The fourth-order valence-electron chi connectivity index (χ4n) is 2.93. The number of hydrogen-bond acceptors (Lipinski definition) is 4. The first-order valence-corrected chi connectivity index (χ1v) is 7.81. The molecule has 22 heavy (non-hydrogen) atoms. The number of benzene rings is 1. The first-order chi connectivity index (χ1) is 10.7. The van der Waals surface area contributed by atoms with E-state index in [1.54, 1.807) is 21.3 Å². The van der Waals surface area contributed by atoms with E-state index in [0.717, 1.165) is 47.9 Å². The van der Waals surface area contributed by atoms with Crippen LogP contribution in [-0.4, -0.2) is 26.3 Å². The molecule has 1 heterocycles. The van der Waals surface area contributed by atoms with Gasteiger partial charge in [-0.3, -0.25) is 4.98 Å². The molecule has 0 unspecified atom stereocenters. The number of rotatable bonds is 7. The van der Waals surface area contributed by atoms with Gasteiger partial charge in [0.25, 0.3) is 0 Å². The topological polar surface area (TPSA) is 40.6 Å². The second kappa shape index (κ2) is 7.34. The largest absolute Gasteiger partial charge is 0.493 e. The summed E-state index contributed by atoms with van der Waals surface area (Å²) in [6.07, 6.45) is 6.00. The summed E-state index contributed by atoms with van der Waals surface area (Å²) in [5.74, 6) is 2.04. The Morgan fingerprint density at radius 2 is 1.59 bits per heavy atom. The SMILES string of the molecule is CCCc1ncc2cc(OC)c(OC)c(OC)c2c1CCC. The van der Waals surface area contributed by atoms with Crippen molar-refractivity contribution in [3.63, 3.8) is 0 Å². The zero-order chi connectivity index (χ0) is 16.1. The van der Waals surface area contributed by atoms with E-state index in [0.29, 0.717) is 11.5 Å². The van der Waals surface area contributed by atoms with Crippen molar-refractivity contribution in [1.29, 1.82) is 0 Å². The summed E-state index contributed by atoms with van der Waals surface area (Å²) in [4.78, 5) is 4.67. The number of aryl methyl sites for hydroxylation is 2. The van der Waals surface area contributed by atoms with Gasteiger partial charge in [0.05, 0.1) is 21.3 Å². The predicted octanol–water partition coefficient (Wildman–Crippen LogP) is 4.17. The van der Waals surface area contributed by atoms with Crippen molar-refractivity contribution in [2.75, 3.05) is 21.3 Å². The molecule has 120 valence electrons. The highest BCUT2D eigenvalue weighted by molar-refractivity contribution is 5.95. The third kappa shape index (κ3) is 2.82. The lowest BCUT2D eigenvalue weighted by molar-refractivity contribution is 0.327. The molecule has 2 aromatic rings. The van der Waals surface area contributed by atoms with Gasteiger partial charge in [-0.1, -0.05) is 26.7 Å². The molecule has 0 atom stereocenters. The highest BCUT2D eigenvalue weighted by atomic mass is 16.5. The smallest absolute Gasteiger partial charge is 0.203 e. The van der Waals surface area contributed by atoms with Crippen molar-refractivity contribution >= 4 is 10.8 Å². The maximum Gasteiger partial charge on any atom is 0.203 e. The summed E-state index contributed by atoms with van der Waals surface area (Å²) in [5, 5.41) is 2.12. The first kappa shape index (κ1) is 16.4. The predicted molar refractivity (Wildman–Crippen MR) is 89.4 cm³/mol. The summed E-state index contributed by atoms with van der Waals surface area (Å²) < 4.78 is 16.6. The summed E-state index contributed by atoms with van der Waals surface area (Å²) in [5.41, 5.74) is 2.42. The number of ether oxygens (including phenoxy) is 3. The summed E-state index contributed by atoms with van der Waals surface area (Å²) >= 11 is 0. The van der Waals surface area contributed by atoms with Crippen LogP contribution in [0.1, 0.15) is 37.9 Å². The van der Waals surface area contributed by atoms with E-state index in [1.807, 2.05) is 12.3 Å². The molecule has 0 saturated heterocycles. The molecule has 0 saturated carbocycles. The van der Waals surface area contributed by atoms with Crippen LogP contribution in [-0.2, 0) is 12.8 Å². The van der Waals surface area contributed by atoms with Crippen molar-refractivity contribution in [2.45, 2.75) is 39.5 Å². The van der Waals surface area contributed by atoms with Crippen molar-refractivity contribution < 1.29 is 14.2 Å². The van der Waals surface area contributed by atoms with Crippen LogP contribution < -0.4 is 14.2 Å². The Labute approximate surface area is 132 Å². The van der Waals surface area contributed by atoms with Gasteiger partial charge in [0.15, 0.2) is 11.5 Å². The van der Waals surface area contributed by atoms with Gasteiger partial charge >= 0.3 is 0 Å². The van der Waals surface area contributed by atoms with Crippen molar-refractivity contribution in [3.05, 3.63) is 23.5 Å². The molecule has 0 aliphatic carbocycles. The highest BCUT2D eigenvalue weighted by Gasteiger charge is 2.20. The molecule has 0 radical (unpaired) electrons. The molecule has 4 heteroatoms. The Bertz CT molecular complexity index is 653. The van der Waals surface area contributed by atoms with Gasteiger partial charge in [-0.2, -0.15) is 0 Å². The second-order valence-electron chi connectivity index (χ2n) is 5.29. The molecule has 2 rings (SSSR count). The Balaban J connectivity index is 2.85. The number of pyridine rings is 1. The number of nitrogens with zero attached hydrogens (tertiary/aromatic N) is 1. The van der Waals surface area contributed by atoms with Crippen molar-refractivity contribution in [1.82, 2.24) is 4.98 Å². The van der Waals surface area contributed by atoms with E-state index in [4.69, 9.17) is 14.2 Å². The van der Waals surface area contributed by atoms with Gasteiger partial charge in [-0.05, 0) is 24.5 Å². The molecule has 1 aromatic heterocycles. The zero-order valence-electron chi connectivity index (χ0n) is 14.2. The van der Waals surface area contributed by atoms with Crippen LogP contribution in [0.4, 0.5) is 0 Å². The van der Waals surface area contributed by atoms with Crippen LogP contribution in [0.5, 0.6) is 17.2 Å². The van der Waals surface area contributed by atoms with E-state index < -0.39 is 0 Å². The standard InChI is InChI=1S/C18H25NO3/c1-6-8-13-14(9-7-2)19-11-12-10-15(20-3)17(21-4)18(22-5)16(12)13/h10-11H,6-9H2,1-5H3. The molecule has 4 nitrogen and oxygen atoms in total. The molecular formula is C18H25NO3. The number of aromatic nitrogens is 1. The van der Waals surface area contributed by atoms with Gasteiger partial charge in [0.2, 0.25) is 5.75 Å². The summed E-state index contributed by atoms with van der Waals surface area (Å²) in [6.45, 7) is 4.36. The second-order valence-corrected chi connectivity index (χ2v) is 5.29. The van der Waals surface area contributed by atoms with Crippen LogP contribution in [0.2, 0.25) is 0 Å². The van der Waals surface area contributed by atoms with E-state index >= 15 is 0 Å². The summed E-state index contributed by atoms with van der Waals surface area (Å²) in [6, 6.07) is 1.97. The molecule has 0 spiro atoms. The minimum absolute atomic E-state index is 0.642. The van der Waals surface area contributed by atoms with Crippen molar-refractivity contribution in [3.8, 4) is 17.2 Å². The lowest BCUT2D eigenvalue weighted by Gasteiger charge is -2.18. The first-order valence-electron chi connectivity index (χ1n) is 7.81. The molecule has 0 N–H and O–H groups in total. The average molecular weight is 303 g/mol. The van der Waals surface area contributed by atoms with E-state index in [1.165, 1.54) is 5.56 Å². The number of fused-ring (bicyclic) bond motifs is 1. The Morgan fingerprint density at radius 1 is 0.909 bits per heavy atom. The highest BCUT2D eigenvalue weighted by Crippen LogP contribution is 2.45. The van der Waals surface area contributed by atoms with Crippen LogP contribution in [0.15, 0.2) is 12.3 Å². The lowest BCUT2D eigenvalue weighted by atomic mass is 9.97. The molecule has 0 fully saturated rings. The minimum Gasteiger partial charge on any atom is -0.493 e. The molecule has 0 amide bonds. The lowest BCUT2D eigenvalue weighted by Crippen LogP contribution is -2.03. The summed E-state index contributed by atoms with van der Waals surface area (Å²) in [7, 11) is 4.95. The average Bonchev–Trinajstić information content (AvgIpc) is 2.55. The van der Waals surface area contributed by atoms with Gasteiger partial charge in [0, 0.05) is 22.7 Å². The Morgan fingerprint density at radius 3 is 2.14 bits per heavy atom. The third-order valence-electron chi connectivity index (χ3n) is 3.86. The van der Waals surface area contributed by atoms with E-state index in [2.05, 4.69) is 18.8 Å². The fourth-order valence-corrected chi connectivity index (χ4v) is 2.93. The zero-order valence-corrected chi connectivity index (χ0v) is 14.2. The molecular weight excluding hydrogens is 278 g/mol. The van der Waals surface area contributed by atoms with Crippen LogP contribution in [0.25, 0.3) is 10.8 Å². The van der Waals surface area contributed by atoms with Crippen LogP contribution in [0.3, 0.4) is 0 Å². The van der Waals surface area contributed by atoms with Crippen LogP contribution in [0, 0.1) is 0 Å². The third-order valence-corrected chi connectivity index (χ3v) is 3.86. The maximum absolute atomic E-state index is 5.68. The minimum atomic E-state index is 0.642. The molecule has 0 aliphatic heterocycles. The monoisotopic (exact) mass is 303 g/mol.